The topological polar surface area (TPSA) is 117 Å². The van der Waals surface area contributed by atoms with Gasteiger partial charge in [0.25, 0.3) is 5.91 Å². The van der Waals surface area contributed by atoms with Crippen molar-refractivity contribution in [2.45, 2.75) is 53.0 Å². The molecule has 11 heteroatoms. The standard InChI is InChI=1S/C26H32N5O5P/c1-4-35-37(34,36-5-2)20-7-8-22(28-13-20)31-18-26(23(32)24(31)33)11-6-10-25(3,16-26)17-30-15-19-9-12-27-14-21(19)29-30/h7-9,12-15H,4-6,10-11,16-18H2,1-3H3/t25-,26-/m0/s1. The second-order valence-corrected chi connectivity index (χ2v) is 12.3. The maximum Gasteiger partial charge on any atom is 0.362 e. The number of carbonyl (C=O) groups excluding carboxylic acids is 2. The van der Waals surface area contributed by atoms with Gasteiger partial charge in [0.15, 0.2) is 0 Å². The van der Waals surface area contributed by atoms with Crippen LogP contribution in [-0.2, 0) is 29.7 Å². The van der Waals surface area contributed by atoms with Gasteiger partial charge in [-0.2, -0.15) is 5.10 Å². The Bertz CT molecular complexity index is 1330. The van der Waals surface area contributed by atoms with Crippen LogP contribution in [0.3, 0.4) is 0 Å². The highest BCUT2D eigenvalue weighted by Gasteiger charge is 2.56. The molecule has 2 fully saturated rings. The van der Waals surface area contributed by atoms with Crippen molar-refractivity contribution in [1.82, 2.24) is 19.7 Å². The maximum absolute atomic E-state index is 13.4. The SMILES string of the molecule is CCOP(=O)(OCC)c1ccc(N2C[C@@]3(CCC[C@](C)(Cn4cc5ccncc5n4)C3)C(=O)C2=O)nc1. The first-order valence-corrected chi connectivity index (χ1v) is 14.2. The minimum atomic E-state index is -3.49. The van der Waals surface area contributed by atoms with E-state index in [-0.39, 0.29) is 31.0 Å². The Labute approximate surface area is 215 Å². The molecule has 0 radical (unpaired) electrons. The summed E-state index contributed by atoms with van der Waals surface area (Å²) in [6, 6.07) is 5.13. The number of Topliss-reactive ketones (excluding diaryl/α,β-unsaturated/α-hetero) is 1. The van der Waals surface area contributed by atoms with Gasteiger partial charge in [-0.25, -0.2) is 4.98 Å². The van der Waals surface area contributed by atoms with Crippen LogP contribution in [0.25, 0.3) is 10.9 Å². The molecule has 0 bridgehead atoms. The fourth-order valence-electron chi connectivity index (χ4n) is 5.91. The summed E-state index contributed by atoms with van der Waals surface area (Å²) in [6.07, 6.45) is 9.96. The first kappa shape index (κ1) is 25.7. The summed E-state index contributed by atoms with van der Waals surface area (Å²) in [4.78, 5) is 36.6. The number of rotatable bonds is 8. The van der Waals surface area contributed by atoms with E-state index in [1.165, 1.54) is 11.1 Å². The zero-order chi connectivity index (χ0) is 26.3. The molecule has 1 saturated carbocycles. The van der Waals surface area contributed by atoms with Crippen LogP contribution in [0, 0.1) is 10.8 Å². The number of hydrogen-bond donors (Lipinski definition) is 0. The van der Waals surface area contributed by atoms with Crippen LogP contribution in [0.15, 0.2) is 43.0 Å². The minimum Gasteiger partial charge on any atom is -0.305 e. The number of amides is 1. The van der Waals surface area contributed by atoms with Crippen LogP contribution >= 0.6 is 7.60 Å². The van der Waals surface area contributed by atoms with E-state index in [1.807, 2.05) is 16.9 Å². The molecule has 1 aliphatic carbocycles. The first-order chi connectivity index (χ1) is 17.7. The molecule has 37 heavy (non-hydrogen) atoms. The van der Waals surface area contributed by atoms with Gasteiger partial charge in [-0.15, -0.1) is 0 Å². The third-order valence-electron chi connectivity index (χ3n) is 7.41. The summed E-state index contributed by atoms with van der Waals surface area (Å²) >= 11 is 0. The Morgan fingerprint density at radius 3 is 2.54 bits per heavy atom. The van der Waals surface area contributed by atoms with Gasteiger partial charge in [0.1, 0.15) is 11.3 Å². The maximum atomic E-state index is 13.4. The van der Waals surface area contributed by atoms with Gasteiger partial charge in [-0.3, -0.25) is 28.7 Å². The van der Waals surface area contributed by atoms with Crippen molar-refractivity contribution in [3.05, 3.63) is 43.0 Å². The van der Waals surface area contributed by atoms with E-state index in [1.54, 1.807) is 38.4 Å². The summed E-state index contributed by atoms with van der Waals surface area (Å²) in [7, 11) is -3.49. The molecule has 2 aliphatic rings. The lowest BCUT2D eigenvalue weighted by atomic mass is 9.62. The normalized spacial score (nSPS) is 24.5. The number of hydrogen-bond acceptors (Lipinski definition) is 8. The van der Waals surface area contributed by atoms with Crippen molar-refractivity contribution in [3.63, 3.8) is 0 Å². The van der Waals surface area contributed by atoms with E-state index >= 15 is 0 Å². The number of fused-ring (bicyclic) bond motifs is 1. The lowest BCUT2D eigenvalue weighted by Crippen LogP contribution is -2.42. The van der Waals surface area contributed by atoms with Gasteiger partial charge in [0.05, 0.1) is 30.1 Å². The van der Waals surface area contributed by atoms with Crippen LogP contribution in [0.2, 0.25) is 0 Å². The van der Waals surface area contributed by atoms with E-state index in [2.05, 4.69) is 22.0 Å². The zero-order valence-corrected chi connectivity index (χ0v) is 22.3. The Balaban J connectivity index is 1.36. The monoisotopic (exact) mass is 525 g/mol. The second-order valence-electron chi connectivity index (χ2n) is 10.3. The summed E-state index contributed by atoms with van der Waals surface area (Å²) in [5.41, 5.74) is -0.119. The number of aromatic nitrogens is 4. The van der Waals surface area contributed by atoms with Crippen molar-refractivity contribution in [1.29, 1.82) is 0 Å². The van der Waals surface area contributed by atoms with Crippen molar-refractivity contribution >= 4 is 41.3 Å². The second kappa shape index (κ2) is 9.74. The molecule has 4 heterocycles. The lowest BCUT2D eigenvalue weighted by Gasteiger charge is -2.43. The van der Waals surface area contributed by atoms with Crippen molar-refractivity contribution < 1.29 is 23.2 Å². The van der Waals surface area contributed by atoms with Gasteiger partial charge >= 0.3 is 7.60 Å². The van der Waals surface area contributed by atoms with Crippen LogP contribution < -0.4 is 10.2 Å². The molecule has 5 rings (SSSR count). The predicted octanol–water partition coefficient (Wildman–Crippen LogP) is 3.90. The molecule has 2 atom stereocenters. The fraction of sp³-hybridized carbons (Fsp3) is 0.500. The summed E-state index contributed by atoms with van der Waals surface area (Å²) in [6.45, 7) is 7.05. The van der Waals surface area contributed by atoms with Gasteiger partial charge in [-0.1, -0.05) is 13.3 Å². The summed E-state index contributed by atoms with van der Waals surface area (Å²) < 4.78 is 25.8. The van der Waals surface area contributed by atoms with Gasteiger partial charge < -0.3 is 9.05 Å². The van der Waals surface area contributed by atoms with Crippen molar-refractivity contribution in [3.8, 4) is 0 Å². The smallest absolute Gasteiger partial charge is 0.305 e. The molecule has 3 aromatic rings. The largest absolute Gasteiger partial charge is 0.362 e. The molecule has 196 valence electrons. The Morgan fingerprint density at radius 2 is 1.86 bits per heavy atom. The minimum absolute atomic E-state index is 0.196. The number of ketones is 1. The number of pyridine rings is 2. The zero-order valence-electron chi connectivity index (χ0n) is 21.4. The van der Waals surface area contributed by atoms with Crippen LogP contribution in [0.5, 0.6) is 0 Å². The molecule has 10 nitrogen and oxygen atoms in total. The highest BCUT2D eigenvalue weighted by atomic mass is 31.2. The number of nitrogens with zero attached hydrogens (tertiary/aromatic N) is 5. The van der Waals surface area contributed by atoms with Crippen LogP contribution in [0.4, 0.5) is 5.82 Å². The molecule has 3 aromatic heterocycles. The average molecular weight is 526 g/mol. The highest BCUT2D eigenvalue weighted by molar-refractivity contribution is 7.62. The van der Waals surface area contributed by atoms with Crippen molar-refractivity contribution in [2.75, 3.05) is 24.7 Å². The van der Waals surface area contributed by atoms with Crippen LogP contribution in [0.1, 0.15) is 46.5 Å². The third-order valence-corrected chi connectivity index (χ3v) is 9.50. The Morgan fingerprint density at radius 1 is 1.08 bits per heavy atom. The molecule has 1 saturated heterocycles. The van der Waals surface area contributed by atoms with E-state index < -0.39 is 18.9 Å². The number of carbonyl (C=O) groups is 2. The Hall–Kier alpha value is -2.94. The molecule has 1 amide bonds. The third kappa shape index (κ3) is 4.74. The molecule has 1 aliphatic heterocycles. The predicted molar refractivity (Wildman–Crippen MR) is 139 cm³/mol. The molecule has 0 unspecified atom stereocenters. The molecule has 0 aromatic carbocycles. The molecule has 0 N–H and O–H groups in total. The Kier molecular flexibility index (Phi) is 6.77. The number of anilines is 1. The van der Waals surface area contributed by atoms with Gasteiger partial charge in [-0.05, 0) is 56.7 Å². The first-order valence-electron chi connectivity index (χ1n) is 12.7. The van der Waals surface area contributed by atoms with E-state index in [4.69, 9.17) is 9.05 Å². The van der Waals surface area contributed by atoms with E-state index in [0.29, 0.717) is 30.5 Å². The lowest BCUT2D eigenvalue weighted by molar-refractivity contribution is -0.140. The fourth-order valence-corrected chi connectivity index (χ4v) is 7.42. The average Bonchev–Trinajstić information content (AvgIpc) is 3.38. The van der Waals surface area contributed by atoms with Crippen LogP contribution in [-0.4, -0.2) is 51.2 Å². The van der Waals surface area contributed by atoms with Gasteiger partial charge in [0.2, 0.25) is 5.78 Å². The van der Waals surface area contributed by atoms with E-state index in [0.717, 1.165) is 23.7 Å². The van der Waals surface area contributed by atoms with E-state index in [9.17, 15) is 14.2 Å². The van der Waals surface area contributed by atoms with Crippen molar-refractivity contribution in [2.24, 2.45) is 10.8 Å². The molecular formula is C26H32N5O5P. The highest BCUT2D eigenvalue weighted by Crippen LogP contribution is 2.51. The summed E-state index contributed by atoms with van der Waals surface area (Å²) in [5.74, 6) is -0.539. The molecular weight excluding hydrogens is 493 g/mol. The summed E-state index contributed by atoms with van der Waals surface area (Å²) in [5, 5.41) is 6.00. The van der Waals surface area contributed by atoms with Gasteiger partial charge in [0, 0.05) is 37.1 Å². The quantitative estimate of drug-likeness (QED) is 0.321. The molecule has 1 spiro atoms.